The van der Waals surface area contributed by atoms with Crippen molar-refractivity contribution in [2.24, 2.45) is 0 Å². The fourth-order valence-electron chi connectivity index (χ4n) is 2.96. The number of carbonyl (C=O) groups excluding carboxylic acids is 1. The van der Waals surface area contributed by atoms with Crippen molar-refractivity contribution in [1.29, 1.82) is 0 Å². The van der Waals surface area contributed by atoms with Gasteiger partial charge in [0.1, 0.15) is 5.76 Å². The van der Waals surface area contributed by atoms with Gasteiger partial charge in [0.05, 0.1) is 18.3 Å². The average Bonchev–Trinajstić information content (AvgIpc) is 3.04. The van der Waals surface area contributed by atoms with E-state index in [1.54, 1.807) is 4.90 Å². The molecule has 3 heterocycles. The Morgan fingerprint density at radius 2 is 2.04 bits per heavy atom. The second-order valence-electron chi connectivity index (χ2n) is 6.02. The first-order chi connectivity index (χ1) is 10.4. The molecular formula is C14H22Cl2F2N4O2. The molecule has 1 amide bonds. The van der Waals surface area contributed by atoms with E-state index in [1.165, 1.54) is 0 Å². The molecule has 1 atom stereocenters. The lowest BCUT2D eigenvalue weighted by molar-refractivity contribution is -0.135. The van der Waals surface area contributed by atoms with Crippen molar-refractivity contribution in [2.75, 3.05) is 32.7 Å². The van der Waals surface area contributed by atoms with Crippen LogP contribution in [0.25, 0.3) is 0 Å². The van der Waals surface area contributed by atoms with Gasteiger partial charge >= 0.3 is 0 Å². The van der Waals surface area contributed by atoms with Crippen LogP contribution in [0.2, 0.25) is 0 Å². The molecule has 0 aromatic carbocycles. The maximum absolute atomic E-state index is 13.2. The van der Waals surface area contributed by atoms with Gasteiger partial charge in [-0.3, -0.25) is 15.0 Å². The first kappa shape index (κ1) is 21.1. The summed E-state index contributed by atoms with van der Waals surface area (Å²) in [4.78, 5) is 16.1. The predicted octanol–water partition coefficient (Wildman–Crippen LogP) is 1.47. The summed E-state index contributed by atoms with van der Waals surface area (Å²) < 4.78 is 31.4. The second-order valence-corrected chi connectivity index (χ2v) is 6.02. The van der Waals surface area contributed by atoms with Gasteiger partial charge in [0.15, 0.2) is 0 Å². The summed E-state index contributed by atoms with van der Waals surface area (Å²) in [5.41, 5.74) is 0.870. The van der Waals surface area contributed by atoms with Gasteiger partial charge in [-0.1, -0.05) is 5.16 Å². The molecule has 2 fully saturated rings. The van der Waals surface area contributed by atoms with Crippen molar-refractivity contribution >= 4 is 30.7 Å². The number of hydrogen-bond donors (Lipinski definition) is 1. The molecule has 0 saturated carbocycles. The van der Waals surface area contributed by atoms with Crippen molar-refractivity contribution in [3.63, 3.8) is 0 Å². The summed E-state index contributed by atoms with van der Waals surface area (Å²) in [5.74, 6) is -2.21. The van der Waals surface area contributed by atoms with Crippen LogP contribution >= 0.6 is 24.8 Å². The number of aromatic nitrogens is 1. The van der Waals surface area contributed by atoms with Crippen molar-refractivity contribution in [1.82, 2.24) is 20.3 Å². The van der Waals surface area contributed by atoms with Gasteiger partial charge in [0.25, 0.3) is 5.92 Å². The zero-order valence-electron chi connectivity index (χ0n) is 13.3. The minimum absolute atomic E-state index is 0. The number of nitrogens with zero attached hydrogens (tertiary/aromatic N) is 3. The molecule has 1 aromatic rings. The topological polar surface area (TPSA) is 61.6 Å². The van der Waals surface area contributed by atoms with E-state index in [0.29, 0.717) is 32.7 Å². The quantitative estimate of drug-likeness (QED) is 0.851. The minimum Gasteiger partial charge on any atom is -0.361 e. The number of piperazine rings is 1. The number of alkyl halides is 2. The number of aryl methyl sites for hydroxylation is 1. The van der Waals surface area contributed by atoms with Gasteiger partial charge in [-0.05, 0) is 6.92 Å². The van der Waals surface area contributed by atoms with Gasteiger partial charge in [-0.25, -0.2) is 8.78 Å². The molecule has 2 aliphatic heterocycles. The van der Waals surface area contributed by atoms with Crippen molar-refractivity contribution in [3.8, 4) is 0 Å². The van der Waals surface area contributed by atoms with Crippen LogP contribution in [-0.4, -0.2) is 65.6 Å². The molecule has 2 aliphatic rings. The van der Waals surface area contributed by atoms with Gasteiger partial charge in [0.2, 0.25) is 5.91 Å². The Morgan fingerprint density at radius 3 is 2.54 bits per heavy atom. The molecule has 24 heavy (non-hydrogen) atoms. The van der Waals surface area contributed by atoms with Crippen LogP contribution in [0.4, 0.5) is 8.78 Å². The maximum Gasteiger partial charge on any atom is 0.262 e. The van der Waals surface area contributed by atoms with E-state index in [0.717, 1.165) is 11.5 Å². The van der Waals surface area contributed by atoms with E-state index in [9.17, 15) is 13.6 Å². The molecule has 0 spiro atoms. The predicted molar refractivity (Wildman–Crippen MR) is 88.9 cm³/mol. The van der Waals surface area contributed by atoms with Gasteiger partial charge in [-0.2, -0.15) is 0 Å². The number of halogens is 4. The third-order valence-electron chi connectivity index (χ3n) is 4.15. The summed E-state index contributed by atoms with van der Waals surface area (Å²) in [5, 5.41) is 6.57. The van der Waals surface area contributed by atoms with Crippen molar-refractivity contribution < 1.29 is 18.1 Å². The Morgan fingerprint density at radius 1 is 1.38 bits per heavy atom. The van der Waals surface area contributed by atoms with Crippen LogP contribution in [0, 0.1) is 6.92 Å². The molecule has 6 nitrogen and oxygen atoms in total. The minimum atomic E-state index is -2.77. The molecule has 1 aromatic heterocycles. The van der Waals surface area contributed by atoms with Crippen LogP contribution in [0.5, 0.6) is 0 Å². The summed E-state index contributed by atoms with van der Waals surface area (Å²) in [6.45, 7) is 4.64. The zero-order valence-corrected chi connectivity index (χ0v) is 15.0. The van der Waals surface area contributed by atoms with E-state index in [1.807, 2.05) is 13.0 Å². The Hall–Kier alpha value is -0.960. The molecule has 0 aliphatic carbocycles. The van der Waals surface area contributed by atoms with E-state index < -0.39 is 24.9 Å². The normalized spacial score (nSPS) is 23.5. The van der Waals surface area contributed by atoms with Crippen molar-refractivity contribution in [3.05, 3.63) is 17.5 Å². The zero-order chi connectivity index (χ0) is 15.7. The third-order valence-corrected chi connectivity index (χ3v) is 4.15. The van der Waals surface area contributed by atoms with Crippen molar-refractivity contribution in [2.45, 2.75) is 31.9 Å². The molecule has 138 valence electrons. The number of rotatable bonds is 3. The highest BCUT2D eigenvalue weighted by molar-refractivity contribution is 5.85. The number of amides is 1. The largest absolute Gasteiger partial charge is 0.361 e. The summed E-state index contributed by atoms with van der Waals surface area (Å²) >= 11 is 0. The van der Waals surface area contributed by atoms with Crippen LogP contribution in [0.15, 0.2) is 10.6 Å². The third kappa shape index (κ3) is 5.02. The van der Waals surface area contributed by atoms with Crippen LogP contribution in [0.3, 0.4) is 0 Å². The Balaban J connectivity index is 0.00000144. The average molecular weight is 387 g/mol. The molecular weight excluding hydrogens is 365 g/mol. The Kier molecular flexibility index (Phi) is 7.40. The van der Waals surface area contributed by atoms with Gasteiger partial charge < -0.3 is 9.42 Å². The highest BCUT2D eigenvalue weighted by atomic mass is 35.5. The monoisotopic (exact) mass is 386 g/mol. The standard InChI is InChI=1S/C14H20F2N4O2.2ClH/c1-10-6-11(18-22-10)8-19-2-4-20(5-3-19)13(21)12-7-14(15,16)9-17-12;;/h6,12,17H,2-5,7-9H2,1H3;2*1H. The molecule has 0 radical (unpaired) electrons. The molecule has 3 rings (SSSR count). The van der Waals surface area contributed by atoms with E-state index in [4.69, 9.17) is 4.52 Å². The second kappa shape index (κ2) is 8.42. The van der Waals surface area contributed by atoms with Gasteiger partial charge in [0, 0.05) is 45.2 Å². The highest BCUT2D eigenvalue weighted by Crippen LogP contribution is 2.26. The SMILES string of the molecule is Cc1cc(CN2CCN(C(=O)C3CC(F)(F)CN3)CC2)no1.Cl.Cl. The molecule has 1 unspecified atom stereocenters. The highest BCUT2D eigenvalue weighted by Gasteiger charge is 2.43. The first-order valence-electron chi connectivity index (χ1n) is 7.47. The van der Waals surface area contributed by atoms with Crippen LogP contribution in [-0.2, 0) is 11.3 Å². The lowest BCUT2D eigenvalue weighted by Gasteiger charge is -2.35. The number of hydrogen-bond acceptors (Lipinski definition) is 5. The fourth-order valence-corrected chi connectivity index (χ4v) is 2.96. The van der Waals surface area contributed by atoms with E-state index in [2.05, 4.69) is 15.4 Å². The molecule has 1 N–H and O–H groups in total. The van der Waals surface area contributed by atoms with Gasteiger partial charge in [-0.15, -0.1) is 24.8 Å². The number of nitrogens with one attached hydrogen (secondary N) is 1. The summed E-state index contributed by atoms with van der Waals surface area (Å²) in [7, 11) is 0. The first-order valence-corrected chi connectivity index (χ1v) is 7.47. The summed E-state index contributed by atoms with van der Waals surface area (Å²) in [6.07, 6.45) is -0.399. The lowest BCUT2D eigenvalue weighted by Crippen LogP contribution is -2.52. The number of carbonyl (C=O) groups is 1. The molecule has 2 saturated heterocycles. The Bertz CT molecular complexity index is 551. The molecule has 0 bridgehead atoms. The van der Waals surface area contributed by atoms with E-state index in [-0.39, 0.29) is 30.7 Å². The fraction of sp³-hybridized carbons (Fsp3) is 0.714. The van der Waals surface area contributed by atoms with E-state index >= 15 is 0 Å². The Labute approximate surface area is 151 Å². The molecule has 10 heteroatoms. The van der Waals surface area contributed by atoms with Crippen LogP contribution < -0.4 is 5.32 Å². The maximum atomic E-state index is 13.2. The summed E-state index contributed by atoms with van der Waals surface area (Å²) in [6, 6.07) is 1.14. The smallest absolute Gasteiger partial charge is 0.262 e. The lowest BCUT2D eigenvalue weighted by atomic mass is 10.1. The van der Waals surface area contributed by atoms with Crippen LogP contribution in [0.1, 0.15) is 17.9 Å².